The molecule has 23 heavy (non-hydrogen) atoms. The van der Waals surface area contributed by atoms with Gasteiger partial charge in [-0.15, -0.1) is 11.3 Å². The van der Waals surface area contributed by atoms with Crippen LogP contribution in [0.25, 0.3) is 22.0 Å². The number of aromatic amines is 1. The number of para-hydroxylation sites is 1. The Labute approximate surface area is 139 Å². The fourth-order valence-electron chi connectivity index (χ4n) is 2.87. The van der Waals surface area contributed by atoms with Crippen LogP contribution in [0, 0.1) is 13.8 Å². The smallest absolute Gasteiger partial charge is 0.161 e. The van der Waals surface area contributed by atoms with E-state index < -0.39 is 0 Å². The van der Waals surface area contributed by atoms with E-state index in [1.807, 2.05) is 43.5 Å². The molecule has 0 atom stereocenters. The van der Waals surface area contributed by atoms with E-state index in [-0.39, 0.29) is 5.78 Å². The summed E-state index contributed by atoms with van der Waals surface area (Å²) in [4.78, 5) is 19.8. The van der Waals surface area contributed by atoms with Crippen LogP contribution in [0.5, 0.6) is 5.75 Å². The first kappa shape index (κ1) is 15.5. The number of aromatic nitrogens is 2. The second-order valence-corrected chi connectivity index (χ2v) is 6.28. The molecule has 3 rings (SSSR count). The van der Waals surface area contributed by atoms with Crippen molar-refractivity contribution in [3.63, 3.8) is 0 Å². The molecule has 0 saturated carbocycles. The lowest BCUT2D eigenvalue weighted by Crippen LogP contribution is -1.94. The number of methoxy groups -OCH3 is 1. The van der Waals surface area contributed by atoms with Gasteiger partial charge >= 0.3 is 0 Å². The number of thiazole rings is 1. The normalized spacial score (nSPS) is 10.8. The second kappa shape index (κ2) is 6.01. The topological polar surface area (TPSA) is 55.0 Å². The van der Waals surface area contributed by atoms with E-state index in [9.17, 15) is 4.79 Å². The zero-order valence-electron chi connectivity index (χ0n) is 13.6. The summed E-state index contributed by atoms with van der Waals surface area (Å²) >= 11 is 1.56. The molecule has 0 bridgehead atoms. The highest BCUT2D eigenvalue weighted by Gasteiger charge is 2.18. The van der Waals surface area contributed by atoms with Crippen LogP contribution in [-0.2, 0) is 0 Å². The fourth-order valence-corrected chi connectivity index (χ4v) is 3.71. The molecule has 0 aliphatic heterocycles. The number of H-pyrrole nitrogens is 1. The summed E-state index contributed by atoms with van der Waals surface area (Å²) in [6, 6.07) is 7.83. The van der Waals surface area contributed by atoms with Crippen molar-refractivity contribution in [1.82, 2.24) is 9.97 Å². The predicted molar refractivity (Wildman–Crippen MR) is 93.4 cm³/mol. The molecule has 0 spiro atoms. The molecule has 0 unspecified atom stereocenters. The van der Waals surface area contributed by atoms with Crippen LogP contribution in [0.1, 0.15) is 28.5 Å². The summed E-state index contributed by atoms with van der Waals surface area (Å²) in [5, 5.41) is 2.90. The Bertz CT molecular complexity index is 877. The molecule has 3 aromatic rings. The molecule has 1 aromatic carbocycles. The Morgan fingerprint density at radius 3 is 2.65 bits per heavy atom. The number of nitrogens with zero attached hydrogens (tertiary/aromatic N) is 1. The number of aryl methyl sites for hydroxylation is 1. The third-order valence-electron chi connectivity index (χ3n) is 3.89. The number of ether oxygens (including phenoxy) is 1. The molecular weight excluding hydrogens is 308 g/mol. The van der Waals surface area contributed by atoms with Crippen molar-refractivity contribution in [2.45, 2.75) is 20.8 Å². The average Bonchev–Trinajstić information content (AvgIpc) is 3.11. The highest BCUT2D eigenvalue weighted by atomic mass is 32.1. The Kier molecular flexibility index (Phi) is 4.05. The number of ketones is 1. The van der Waals surface area contributed by atoms with Gasteiger partial charge in [0, 0.05) is 16.6 Å². The van der Waals surface area contributed by atoms with Crippen molar-refractivity contribution in [3.8, 4) is 27.7 Å². The number of carbonyl (C=O) groups is 1. The summed E-state index contributed by atoms with van der Waals surface area (Å²) in [5.41, 5.74) is 5.32. The van der Waals surface area contributed by atoms with Gasteiger partial charge in [0.05, 0.1) is 24.1 Å². The SMILES string of the molecule is COc1ccccc1-c1nc(-c2[nH]c(C)c(C(C)=O)c2C)cs1. The van der Waals surface area contributed by atoms with Gasteiger partial charge < -0.3 is 9.72 Å². The van der Waals surface area contributed by atoms with Gasteiger partial charge in [-0.05, 0) is 38.5 Å². The molecule has 0 aliphatic carbocycles. The van der Waals surface area contributed by atoms with Crippen LogP contribution in [-0.4, -0.2) is 22.9 Å². The van der Waals surface area contributed by atoms with E-state index in [2.05, 4.69) is 4.98 Å². The minimum Gasteiger partial charge on any atom is -0.496 e. The highest BCUT2D eigenvalue weighted by molar-refractivity contribution is 7.13. The van der Waals surface area contributed by atoms with Crippen molar-refractivity contribution in [2.75, 3.05) is 7.11 Å². The van der Waals surface area contributed by atoms with Crippen LogP contribution in [0.2, 0.25) is 0 Å². The molecule has 4 nitrogen and oxygen atoms in total. The van der Waals surface area contributed by atoms with E-state index in [1.54, 1.807) is 25.4 Å². The number of hydrogen-bond donors (Lipinski definition) is 1. The van der Waals surface area contributed by atoms with Crippen molar-refractivity contribution in [2.24, 2.45) is 0 Å². The van der Waals surface area contributed by atoms with E-state index in [4.69, 9.17) is 9.72 Å². The van der Waals surface area contributed by atoms with Gasteiger partial charge in [0.2, 0.25) is 0 Å². The number of hydrogen-bond acceptors (Lipinski definition) is 4. The standard InChI is InChI=1S/C18H18N2O2S/c1-10-16(12(3)21)11(2)19-17(10)14-9-23-18(20-14)13-7-5-6-8-15(13)22-4/h5-9,19H,1-4H3. The number of rotatable bonds is 4. The molecule has 0 fully saturated rings. The van der Waals surface area contributed by atoms with Crippen molar-refractivity contribution in [1.29, 1.82) is 0 Å². The minimum atomic E-state index is 0.0719. The quantitative estimate of drug-likeness (QED) is 0.711. The van der Waals surface area contributed by atoms with Gasteiger partial charge in [-0.1, -0.05) is 12.1 Å². The predicted octanol–water partition coefficient (Wildman–Crippen LogP) is 4.63. The largest absolute Gasteiger partial charge is 0.496 e. The molecule has 2 heterocycles. The summed E-state index contributed by atoms with van der Waals surface area (Å²) in [6.45, 7) is 5.46. The Hall–Kier alpha value is -2.40. The lowest BCUT2D eigenvalue weighted by molar-refractivity contribution is 0.101. The minimum absolute atomic E-state index is 0.0719. The first-order valence-electron chi connectivity index (χ1n) is 7.32. The first-order valence-corrected chi connectivity index (χ1v) is 8.20. The third kappa shape index (κ3) is 2.68. The maximum absolute atomic E-state index is 11.8. The molecular formula is C18H18N2O2S. The summed E-state index contributed by atoms with van der Waals surface area (Å²) in [7, 11) is 1.66. The molecule has 0 amide bonds. The Morgan fingerprint density at radius 1 is 1.26 bits per heavy atom. The second-order valence-electron chi connectivity index (χ2n) is 5.42. The summed E-state index contributed by atoms with van der Waals surface area (Å²) in [5.74, 6) is 0.875. The number of carbonyl (C=O) groups excluding carboxylic acids is 1. The molecule has 5 heteroatoms. The molecule has 118 valence electrons. The zero-order valence-corrected chi connectivity index (χ0v) is 14.4. The average molecular weight is 326 g/mol. The van der Waals surface area contributed by atoms with E-state index in [1.165, 1.54) is 0 Å². The Morgan fingerprint density at radius 2 is 2.00 bits per heavy atom. The maximum Gasteiger partial charge on any atom is 0.161 e. The summed E-state index contributed by atoms with van der Waals surface area (Å²) < 4.78 is 5.41. The summed E-state index contributed by atoms with van der Waals surface area (Å²) in [6.07, 6.45) is 0. The molecule has 1 N–H and O–H groups in total. The van der Waals surface area contributed by atoms with Gasteiger partial charge in [-0.25, -0.2) is 4.98 Å². The van der Waals surface area contributed by atoms with Gasteiger partial charge in [-0.3, -0.25) is 4.79 Å². The highest BCUT2D eigenvalue weighted by Crippen LogP contribution is 2.35. The molecule has 0 radical (unpaired) electrons. The third-order valence-corrected chi connectivity index (χ3v) is 4.76. The van der Waals surface area contributed by atoms with Gasteiger partial charge in [0.25, 0.3) is 0 Å². The van der Waals surface area contributed by atoms with Crippen LogP contribution in [0.3, 0.4) is 0 Å². The van der Waals surface area contributed by atoms with E-state index >= 15 is 0 Å². The lowest BCUT2D eigenvalue weighted by atomic mass is 10.1. The first-order chi connectivity index (χ1) is 11.0. The van der Waals surface area contributed by atoms with Crippen LogP contribution in [0.4, 0.5) is 0 Å². The monoisotopic (exact) mass is 326 g/mol. The van der Waals surface area contributed by atoms with Gasteiger partial charge in [-0.2, -0.15) is 0 Å². The van der Waals surface area contributed by atoms with Crippen LogP contribution >= 0.6 is 11.3 Å². The molecule has 0 saturated heterocycles. The van der Waals surface area contributed by atoms with E-state index in [0.717, 1.165) is 44.5 Å². The van der Waals surface area contributed by atoms with Crippen molar-refractivity contribution >= 4 is 17.1 Å². The van der Waals surface area contributed by atoms with Crippen LogP contribution in [0.15, 0.2) is 29.6 Å². The van der Waals surface area contributed by atoms with Crippen LogP contribution < -0.4 is 4.74 Å². The fraction of sp³-hybridized carbons (Fsp3) is 0.222. The zero-order chi connectivity index (χ0) is 16.6. The number of benzene rings is 1. The van der Waals surface area contributed by atoms with Crippen molar-refractivity contribution in [3.05, 3.63) is 46.5 Å². The van der Waals surface area contributed by atoms with Gasteiger partial charge in [0.15, 0.2) is 5.78 Å². The lowest BCUT2D eigenvalue weighted by Gasteiger charge is -2.04. The Balaban J connectivity index is 2.07. The molecule has 0 aliphatic rings. The van der Waals surface area contributed by atoms with Gasteiger partial charge in [0.1, 0.15) is 10.8 Å². The number of Topliss-reactive ketones (excluding diaryl/α,β-unsaturated/α-hetero) is 1. The number of nitrogens with one attached hydrogen (secondary N) is 1. The van der Waals surface area contributed by atoms with E-state index in [0.29, 0.717) is 0 Å². The molecule has 2 aromatic heterocycles. The van der Waals surface area contributed by atoms with Crippen molar-refractivity contribution < 1.29 is 9.53 Å². The maximum atomic E-state index is 11.8.